The molecule has 0 unspecified atom stereocenters. The molecule has 27 heavy (non-hydrogen) atoms. The highest BCUT2D eigenvalue weighted by Crippen LogP contribution is 2.40. The summed E-state index contributed by atoms with van der Waals surface area (Å²) in [7, 11) is 0. The van der Waals surface area contributed by atoms with Gasteiger partial charge in [-0.15, -0.1) is 0 Å². The van der Waals surface area contributed by atoms with Crippen molar-refractivity contribution in [2.24, 2.45) is 0 Å². The lowest BCUT2D eigenvalue weighted by Gasteiger charge is -2.18. The summed E-state index contributed by atoms with van der Waals surface area (Å²) in [5.74, 6) is 0.543. The largest absolute Gasteiger partial charge is 0.507 e. The van der Waals surface area contributed by atoms with Crippen LogP contribution >= 0.6 is 47.8 Å². The second kappa shape index (κ2) is 7.15. The smallest absolute Gasteiger partial charge is 0.122 e. The Morgan fingerprint density at radius 1 is 0.444 bits per heavy atom. The molecule has 138 valence electrons. The predicted molar refractivity (Wildman–Crippen MR) is 116 cm³/mol. The van der Waals surface area contributed by atoms with Gasteiger partial charge in [-0.25, -0.2) is 0 Å². The van der Waals surface area contributed by atoms with Gasteiger partial charge in [0.05, 0.1) is 0 Å². The second-order valence-corrected chi connectivity index (χ2v) is 9.50. The summed E-state index contributed by atoms with van der Waals surface area (Å²) >= 11 is 10.5. The van der Waals surface area contributed by atoms with Crippen LogP contribution in [0.3, 0.4) is 0 Å². The summed E-state index contributed by atoms with van der Waals surface area (Å²) in [5, 5.41) is 32.5. The quantitative estimate of drug-likeness (QED) is 0.243. The van der Waals surface area contributed by atoms with Crippen molar-refractivity contribution >= 4 is 47.8 Å². The molecule has 4 rings (SSSR count). The van der Waals surface area contributed by atoms with Crippen molar-refractivity contribution in [2.75, 3.05) is 0 Å². The van der Waals surface area contributed by atoms with E-state index in [2.05, 4.69) is 47.8 Å². The number of benzene rings is 3. The van der Waals surface area contributed by atoms with Gasteiger partial charge in [0.25, 0.3) is 0 Å². The van der Waals surface area contributed by atoms with Crippen LogP contribution in [0.4, 0.5) is 0 Å². The van der Waals surface area contributed by atoms with E-state index >= 15 is 0 Å². The van der Waals surface area contributed by atoms with Gasteiger partial charge in [0.15, 0.2) is 0 Å². The van der Waals surface area contributed by atoms with E-state index in [1.165, 1.54) is 0 Å². The first kappa shape index (κ1) is 18.8. The van der Waals surface area contributed by atoms with Crippen molar-refractivity contribution in [1.82, 2.24) is 0 Å². The van der Waals surface area contributed by atoms with Crippen LogP contribution in [0.5, 0.6) is 17.2 Å². The summed E-state index contributed by atoms with van der Waals surface area (Å²) in [6.07, 6.45) is 1.21. The first-order valence-corrected chi connectivity index (χ1v) is 10.7. The minimum absolute atomic E-state index is 0.181. The minimum Gasteiger partial charge on any atom is -0.507 e. The van der Waals surface area contributed by atoms with Crippen LogP contribution in [-0.2, 0) is 19.3 Å². The molecule has 1 aliphatic rings. The highest BCUT2D eigenvalue weighted by atomic mass is 79.9. The molecule has 0 amide bonds. The molecule has 3 nitrogen and oxygen atoms in total. The maximum atomic E-state index is 10.8. The summed E-state index contributed by atoms with van der Waals surface area (Å²) in [6.45, 7) is 0. The molecule has 6 bridgehead atoms. The summed E-state index contributed by atoms with van der Waals surface area (Å²) in [5.41, 5.74) is 4.30. The van der Waals surface area contributed by atoms with Gasteiger partial charge in [-0.05, 0) is 69.8 Å². The number of aromatic hydroxyl groups is 3. The van der Waals surface area contributed by atoms with Crippen molar-refractivity contribution in [3.8, 4) is 17.2 Å². The third-order valence-electron chi connectivity index (χ3n) is 4.84. The molecule has 0 saturated heterocycles. The van der Waals surface area contributed by atoms with Crippen molar-refractivity contribution in [1.29, 1.82) is 0 Å². The van der Waals surface area contributed by atoms with Crippen molar-refractivity contribution in [3.05, 3.63) is 83.2 Å². The molecule has 0 saturated carbocycles. The number of phenolic OH excluding ortho intramolecular Hbond substituents is 3. The van der Waals surface area contributed by atoms with Crippen molar-refractivity contribution < 1.29 is 15.3 Å². The SMILES string of the molecule is Oc1c2cc(Br)cc1Cc1cc(Br)cc(c1O)Cc1cc(Br)cc(c1O)C2. The van der Waals surface area contributed by atoms with E-state index in [-0.39, 0.29) is 17.2 Å². The Morgan fingerprint density at radius 3 is 0.815 bits per heavy atom. The lowest BCUT2D eigenvalue weighted by Crippen LogP contribution is -2.01. The van der Waals surface area contributed by atoms with Crippen LogP contribution in [0, 0.1) is 0 Å². The Morgan fingerprint density at radius 2 is 0.630 bits per heavy atom. The van der Waals surface area contributed by atoms with Gasteiger partial charge < -0.3 is 15.3 Å². The lowest BCUT2D eigenvalue weighted by atomic mass is 9.91. The molecular formula is C21H15Br3O3. The molecule has 3 aromatic carbocycles. The Bertz CT molecular complexity index is 871. The Labute approximate surface area is 182 Å². The average molecular weight is 555 g/mol. The maximum absolute atomic E-state index is 10.8. The van der Waals surface area contributed by atoms with Crippen molar-refractivity contribution in [2.45, 2.75) is 19.3 Å². The number of phenols is 3. The molecule has 0 aromatic heterocycles. The summed E-state index contributed by atoms with van der Waals surface area (Å²) in [6, 6.07) is 11.1. The fourth-order valence-corrected chi connectivity index (χ4v) is 5.23. The van der Waals surface area contributed by atoms with Gasteiger partial charge in [-0.1, -0.05) is 47.8 Å². The Balaban J connectivity index is 2.05. The van der Waals surface area contributed by atoms with Gasteiger partial charge >= 0.3 is 0 Å². The highest BCUT2D eigenvalue weighted by Gasteiger charge is 2.20. The molecular weight excluding hydrogens is 540 g/mol. The molecule has 0 heterocycles. The zero-order valence-corrected chi connectivity index (χ0v) is 18.8. The molecule has 0 fully saturated rings. The Hall–Kier alpha value is -1.50. The average Bonchev–Trinajstić information content (AvgIpc) is 2.59. The van der Waals surface area contributed by atoms with E-state index in [9.17, 15) is 15.3 Å². The Kier molecular flexibility index (Phi) is 4.99. The van der Waals surface area contributed by atoms with Crippen LogP contribution in [0.25, 0.3) is 0 Å². The number of hydrogen-bond donors (Lipinski definition) is 3. The zero-order chi connectivity index (χ0) is 19.3. The third kappa shape index (κ3) is 3.62. The maximum Gasteiger partial charge on any atom is 0.122 e. The van der Waals surface area contributed by atoms with Gasteiger partial charge in [0.1, 0.15) is 17.2 Å². The summed E-state index contributed by atoms with van der Waals surface area (Å²) in [4.78, 5) is 0. The molecule has 1 aliphatic carbocycles. The lowest BCUT2D eigenvalue weighted by molar-refractivity contribution is 0.450. The number of fused-ring (bicyclic) bond motifs is 6. The molecule has 3 N–H and O–H groups in total. The van der Waals surface area contributed by atoms with E-state index in [0.29, 0.717) is 52.6 Å². The van der Waals surface area contributed by atoms with E-state index in [0.717, 1.165) is 13.4 Å². The molecule has 3 aromatic rings. The monoisotopic (exact) mass is 552 g/mol. The molecule has 0 radical (unpaired) electrons. The highest BCUT2D eigenvalue weighted by molar-refractivity contribution is 9.11. The third-order valence-corrected chi connectivity index (χ3v) is 6.21. The second-order valence-electron chi connectivity index (χ2n) is 6.75. The molecule has 0 atom stereocenters. The first-order chi connectivity index (χ1) is 12.8. The minimum atomic E-state index is 0.181. The van der Waals surface area contributed by atoms with Gasteiger partial charge in [0, 0.05) is 32.7 Å². The van der Waals surface area contributed by atoms with Crippen LogP contribution in [0.1, 0.15) is 33.4 Å². The number of rotatable bonds is 0. The molecule has 0 aliphatic heterocycles. The van der Waals surface area contributed by atoms with Crippen LogP contribution < -0.4 is 0 Å². The summed E-state index contributed by atoms with van der Waals surface area (Å²) < 4.78 is 2.52. The van der Waals surface area contributed by atoms with Gasteiger partial charge in [-0.3, -0.25) is 0 Å². The van der Waals surface area contributed by atoms with E-state index < -0.39 is 0 Å². The van der Waals surface area contributed by atoms with E-state index in [1.54, 1.807) is 0 Å². The predicted octanol–water partition coefficient (Wildman–Crippen LogP) is 6.18. The standard InChI is InChI=1S/C21H15Br3O3/c22-16-4-10-1-11-5-17(23)7-13(20(11)26)3-15-9-18(24)8-14(21(15)27)2-12(6-16)19(10)25/h4-9,25-27H,1-3H2. The molecule has 0 spiro atoms. The number of halogens is 3. The fourth-order valence-electron chi connectivity index (χ4n) is 3.58. The fraction of sp³-hybridized carbons (Fsp3) is 0.143. The molecule has 6 heteroatoms. The zero-order valence-electron chi connectivity index (χ0n) is 14.1. The van der Waals surface area contributed by atoms with Gasteiger partial charge in [-0.2, -0.15) is 0 Å². The van der Waals surface area contributed by atoms with E-state index in [4.69, 9.17) is 0 Å². The normalized spacial score (nSPS) is 13.0. The van der Waals surface area contributed by atoms with Gasteiger partial charge in [0.2, 0.25) is 0 Å². The van der Waals surface area contributed by atoms with Crippen LogP contribution in [0.2, 0.25) is 0 Å². The van der Waals surface area contributed by atoms with Crippen molar-refractivity contribution in [3.63, 3.8) is 0 Å². The van der Waals surface area contributed by atoms with E-state index in [1.807, 2.05) is 36.4 Å². The number of hydrogen-bond acceptors (Lipinski definition) is 3. The van der Waals surface area contributed by atoms with Crippen LogP contribution in [-0.4, -0.2) is 15.3 Å². The topological polar surface area (TPSA) is 60.7 Å². The van der Waals surface area contributed by atoms with Crippen LogP contribution in [0.15, 0.2) is 49.8 Å². The first-order valence-electron chi connectivity index (χ1n) is 8.32.